The van der Waals surface area contributed by atoms with Crippen LogP contribution in [0.25, 0.3) is 10.6 Å². The first kappa shape index (κ1) is 8.93. The number of hydrogen-bond acceptors (Lipinski definition) is 3. The number of aromatic nitrogens is 2. The molecule has 2 aromatic heterocycles. The maximum absolute atomic E-state index is 5.58. The van der Waals surface area contributed by atoms with Gasteiger partial charge in [-0.05, 0) is 27.4 Å². The van der Waals surface area contributed by atoms with Crippen LogP contribution < -0.4 is 5.73 Å². The van der Waals surface area contributed by atoms with Crippen LogP contribution in [0.5, 0.6) is 0 Å². The second-order valence-corrected chi connectivity index (χ2v) is 4.34. The third-order valence-electron chi connectivity index (χ3n) is 1.78. The van der Waals surface area contributed by atoms with Crippen molar-refractivity contribution >= 4 is 27.3 Å². The van der Waals surface area contributed by atoms with Crippen LogP contribution in [0.3, 0.4) is 0 Å². The number of thiophene rings is 1. The second-order valence-electron chi connectivity index (χ2n) is 2.57. The second kappa shape index (κ2) is 3.61. The third kappa shape index (κ3) is 1.54. The molecule has 3 nitrogen and oxygen atoms in total. The zero-order valence-corrected chi connectivity index (χ0v) is 9.15. The largest absolute Gasteiger partial charge is 0.326 e. The summed E-state index contributed by atoms with van der Waals surface area (Å²) in [6.45, 7) is 0.510. The van der Waals surface area contributed by atoms with E-state index in [1.54, 1.807) is 17.5 Å². The molecule has 0 radical (unpaired) electrons. The van der Waals surface area contributed by atoms with Gasteiger partial charge in [-0.3, -0.25) is 5.10 Å². The number of hydrogen-bond donors (Lipinski definition) is 2. The minimum absolute atomic E-state index is 0.510. The highest BCUT2D eigenvalue weighted by atomic mass is 79.9. The molecule has 68 valence electrons. The summed E-state index contributed by atoms with van der Waals surface area (Å²) in [5, 5.41) is 8.95. The number of nitrogens with zero attached hydrogens (tertiary/aromatic N) is 1. The zero-order chi connectivity index (χ0) is 9.26. The summed E-state index contributed by atoms with van der Waals surface area (Å²) in [7, 11) is 0. The molecule has 0 spiro atoms. The van der Waals surface area contributed by atoms with E-state index in [1.807, 2.05) is 11.4 Å². The maximum atomic E-state index is 5.58. The van der Waals surface area contributed by atoms with E-state index >= 15 is 0 Å². The van der Waals surface area contributed by atoms with E-state index in [2.05, 4.69) is 26.1 Å². The number of nitrogens with two attached hydrogens (primary N) is 1. The third-order valence-corrected chi connectivity index (χ3v) is 3.64. The minimum Gasteiger partial charge on any atom is -0.326 e. The topological polar surface area (TPSA) is 54.7 Å². The van der Waals surface area contributed by atoms with Crippen LogP contribution in [0.15, 0.2) is 22.1 Å². The zero-order valence-electron chi connectivity index (χ0n) is 6.75. The van der Waals surface area contributed by atoms with Gasteiger partial charge < -0.3 is 5.73 Å². The van der Waals surface area contributed by atoms with E-state index in [0.717, 1.165) is 20.6 Å². The van der Waals surface area contributed by atoms with Crippen molar-refractivity contribution in [3.05, 3.63) is 27.7 Å². The molecule has 0 fully saturated rings. The van der Waals surface area contributed by atoms with E-state index in [-0.39, 0.29) is 0 Å². The normalized spacial score (nSPS) is 10.6. The van der Waals surface area contributed by atoms with Gasteiger partial charge in [-0.25, -0.2) is 0 Å². The molecule has 2 rings (SSSR count). The summed E-state index contributed by atoms with van der Waals surface area (Å²) in [5.41, 5.74) is 7.64. The van der Waals surface area contributed by atoms with Gasteiger partial charge in [0.2, 0.25) is 0 Å². The Kier molecular flexibility index (Phi) is 2.48. The predicted molar refractivity (Wildman–Crippen MR) is 57.5 cm³/mol. The van der Waals surface area contributed by atoms with E-state index in [4.69, 9.17) is 5.73 Å². The van der Waals surface area contributed by atoms with Crippen molar-refractivity contribution in [3.63, 3.8) is 0 Å². The highest BCUT2D eigenvalue weighted by Gasteiger charge is 2.10. The number of nitrogens with one attached hydrogen (secondary N) is 1. The molecule has 3 N–H and O–H groups in total. The lowest BCUT2D eigenvalue weighted by Gasteiger charge is -1.97. The molecule has 0 amide bonds. The Morgan fingerprint density at radius 3 is 3.08 bits per heavy atom. The van der Waals surface area contributed by atoms with Gasteiger partial charge >= 0.3 is 0 Å². The molecule has 5 heteroatoms. The Morgan fingerprint density at radius 1 is 1.62 bits per heavy atom. The van der Waals surface area contributed by atoms with Crippen molar-refractivity contribution in [1.82, 2.24) is 10.2 Å². The van der Waals surface area contributed by atoms with Gasteiger partial charge in [0.1, 0.15) is 0 Å². The fourth-order valence-electron chi connectivity index (χ4n) is 1.13. The molecular weight excluding hydrogens is 250 g/mol. The summed E-state index contributed by atoms with van der Waals surface area (Å²) in [5.74, 6) is 0. The monoisotopic (exact) mass is 257 g/mol. The minimum atomic E-state index is 0.510. The molecular formula is C8H8BrN3S. The predicted octanol–water partition coefficient (Wildman–Crippen LogP) is 2.36. The summed E-state index contributed by atoms with van der Waals surface area (Å²) in [4.78, 5) is 1.15. The van der Waals surface area contributed by atoms with Crippen LogP contribution in [-0.2, 0) is 6.54 Å². The Hall–Kier alpha value is -0.650. The molecule has 0 aliphatic carbocycles. The highest BCUT2D eigenvalue weighted by molar-refractivity contribution is 9.10. The van der Waals surface area contributed by atoms with Gasteiger partial charge in [0.15, 0.2) is 0 Å². The van der Waals surface area contributed by atoms with Gasteiger partial charge in [0, 0.05) is 16.6 Å². The quantitative estimate of drug-likeness (QED) is 0.868. The van der Waals surface area contributed by atoms with Crippen molar-refractivity contribution in [2.24, 2.45) is 5.73 Å². The van der Waals surface area contributed by atoms with Crippen molar-refractivity contribution in [1.29, 1.82) is 0 Å². The van der Waals surface area contributed by atoms with Crippen molar-refractivity contribution < 1.29 is 0 Å². The van der Waals surface area contributed by atoms with Gasteiger partial charge in [-0.15, -0.1) is 11.3 Å². The SMILES string of the molecule is NCc1cn[nH]c1-c1sccc1Br. The Labute approximate surface area is 88.1 Å². The fraction of sp³-hybridized carbons (Fsp3) is 0.125. The molecule has 2 aromatic rings. The van der Waals surface area contributed by atoms with E-state index < -0.39 is 0 Å². The highest BCUT2D eigenvalue weighted by Crippen LogP contribution is 2.33. The summed E-state index contributed by atoms with van der Waals surface area (Å²) >= 11 is 5.14. The van der Waals surface area contributed by atoms with Crippen molar-refractivity contribution in [3.8, 4) is 10.6 Å². The maximum Gasteiger partial charge on any atom is 0.0806 e. The van der Waals surface area contributed by atoms with Crippen LogP contribution in [-0.4, -0.2) is 10.2 Å². The lowest BCUT2D eigenvalue weighted by molar-refractivity contribution is 1.08. The van der Waals surface area contributed by atoms with E-state index in [9.17, 15) is 0 Å². The molecule has 0 atom stereocenters. The first-order valence-electron chi connectivity index (χ1n) is 3.78. The molecule has 0 aliphatic heterocycles. The lowest BCUT2D eigenvalue weighted by atomic mass is 10.2. The van der Waals surface area contributed by atoms with Gasteiger partial charge in [-0.2, -0.15) is 5.10 Å². The number of rotatable bonds is 2. The molecule has 0 bridgehead atoms. The average molecular weight is 258 g/mol. The van der Waals surface area contributed by atoms with Crippen molar-refractivity contribution in [2.45, 2.75) is 6.54 Å². The molecule has 2 heterocycles. The van der Waals surface area contributed by atoms with E-state index in [1.165, 1.54) is 0 Å². The molecule has 0 saturated heterocycles. The summed E-state index contributed by atoms with van der Waals surface area (Å²) in [6.07, 6.45) is 1.77. The Balaban J connectivity index is 2.52. The van der Waals surface area contributed by atoms with Crippen LogP contribution >= 0.6 is 27.3 Å². The number of H-pyrrole nitrogens is 1. The number of halogens is 1. The summed E-state index contributed by atoms with van der Waals surface area (Å²) in [6, 6.07) is 2.02. The Morgan fingerprint density at radius 2 is 2.46 bits per heavy atom. The van der Waals surface area contributed by atoms with Crippen LogP contribution in [0.2, 0.25) is 0 Å². The molecule has 0 aliphatic rings. The first-order chi connectivity index (χ1) is 6.33. The molecule has 0 saturated carbocycles. The summed E-state index contributed by atoms with van der Waals surface area (Å²) < 4.78 is 1.08. The van der Waals surface area contributed by atoms with Gasteiger partial charge in [0.05, 0.1) is 16.8 Å². The molecule has 0 unspecified atom stereocenters. The van der Waals surface area contributed by atoms with Crippen LogP contribution in [0.4, 0.5) is 0 Å². The fourth-order valence-corrected chi connectivity index (χ4v) is 2.74. The van der Waals surface area contributed by atoms with Crippen LogP contribution in [0.1, 0.15) is 5.56 Å². The first-order valence-corrected chi connectivity index (χ1v) is 5.46. The van der Waals surface area contributed by atoms with Crippen molar-refractivity contribution in [2.75, 3.05) is 0 Å². The Bertz CT molecular complexity index is 407. The van der Waals surface area contributed by atoms with Gasteiger partial charge in [-0.1, -0.05) is 0 Å². The van der Waals surface area contributed by atoms with Gasteiger partial charge in [0.25, 0.3) is 0 Å². The molecule has 13 heavy (non-hydrogen) atoms. The lowest BCUT2D eigenvalue weighted by Crippen LogP contribution is -1.95. The molecule has 0 aromatic carbocycles. The van der Waals surface area contributed by atoms with Crippen LogP contribution in [0, 0.1) is 0 Å². The standard InChI is InChI=1S/C8H8BrN3S/c9-6-1-2-13-8(6)7-5(3-10)4-11-12-7/h1-2,4H,3,10H2,(H,11,12). The average Bonchev–Trinajstić information content (AvgIpc) is 2.71. The number of aromatic amines is 1. The smallest absolute Gasteiger partial charge is 0.0806 e. The van der Waals surface area contributed by atoms with E-state index in [0.29, 0.717) is 6.54 Å².